The molecule has 8 atom stereocenters. The van der Waals surface area contributed by atoms with E-state index < -0.39 is 11.6 Å². The maximum atomic E-state index is 11.0. The molecular formula is C32H60O5. The van der Waals surface area contributed by atoms with Crippen LogP contribution in [0.3, 0.4) is 0 Å². The largest absolute Gasteiger partial charge is 0.481 e. The van der Waals surface area contributed by atoms with Gasteiger partial charge in [-0.15, -0.1) is 0 Å². The maximum Gasteiger partial charge on any atom is 0.306 e. The van der Waals surface area contributed by atoms with Crippen molar-refractivity contribution in [1.82, 2.24) is 0 Å². The van der Waals surface area contributed by atoms with Gasteiger partial charge in [-0.2, -0.15) is 0 Å². The second-order valence-electron chi connectivity index (χ2n) is 12.8. The summed E-state index contributed by atoms with van der Waals surface area (Å²) in [6.45, 7) is 15.7. The Kier molecular flexibility index (Phi) is 16.3. The molecule has 0 aromatic heterocycles. The number of carboxylic acids is 1. The van der Waals surface area contributed by atoms with Crippen molar-refractivity contribution in [3.8, 4) is 0 Å². The third-order valence-electron chi connectivity index (χ3n) is 8.90. The minimum Gasteiger partial charge on any atom is -0.481 e. The van der Waals surface area contributed by atoms with Gasteiger partial charge >= 0.3 is 5.97 Å². The minimum atomic E-state index is -0.752. The molecule has 0 spiro atoms. The van der Waals surface area contributed by atoms with Crippen LogP contribution in [0.15, 0.2) is 11.6 Å². The predicted molar refractivity (Wildman–Crippen MR) is 154 cm³/mol. The van der Waals surface area contributed by atoms with Crippen molar-refractivity contribution < 1.29 is 24.9 Å². The van der Waals surface area contributed by atoms with E-state index >= 15 is 0 Å². The number of carboxylic acid groups (broad SMARTS) is 1. The predicted octanol–water partition coefficient (Wildman–Crippen LogP) is 7.78. The molecule has 1 rings (SSSR count). The van der Waals surface area contributed by atoms with Gasteiger partial charge in [0.2, 0.25) is 0 Å². The fourth-order valence-electron chi connectivity index (χ4n) is 5.61. The van der Waals surface area contributed by atoms with E-state index in [1.165, 1.54) is 24.8 Å². The lowest BCUT2D eigenvalue weighted by Crippen LogP contribution is -2.39. The Balaban J connectivity index is 2.30. The number of ether oxygens (including phenoxy) is 1. The van der Waals surface area contributed by atoms with Crippen LogP contribution in [-0.4, -0.2) is 45.7 Å². The van der Waals surface area contributed by atoms with Crippen molar-refractivity contribution in [1.29, 1.82) is 0 Å². The van der Waals surface area contributed by atoms with Crippen LogP contribution in [0.2, 0.25) is 0 Å². The lowest BCUT2D eigenvalue weighted by Gasteiger charge is -2.37. The summed E-state index contributed by atoms with van der Waals surface area (Å²) in [6, 6.07) is 0. The van der Waals surface area contributed by atoms with Crippen LogP contribution in [-0.2, 0) is 9.53 Å². The van der Waals surface area contributed by atoms with Crippen LogP contribution in [0.1, 0.15) is 132 Å². The van der Waals surface area contributed by atoms with Crippen LogP contribution >= 0.6 is 0 Å². The van der Waals surface area contributed by atoms with Crippen molar-refractivity contribution in [2.45, 2.75) is 150 Å². The van der Waals surface area contributed by atoms with Crippen LogP contribution < -0.4 is 0 Å². The van der Waals surface area contributed by atoms with Gasteiger partial charge in [-0.25, -0.2) is 0 Å². The Bertz CT molecular complexity index is 658. The van der Waals surface area contributed by atoms with E-state index in [-0.39, 0.29) is 24.0 Å². The molecular weight excluding hydrogens is 464 g/mol. The highest BCUT2D eigenvalue weighted by atomic mass is 16.5. The SMILES string of the molecule is CCCCOC1C(CCC(C)CCCC(C)CCCC(C)(O)CCCC(C)C(=O)O)=CC(O)C(C)C1C. The van der Waals surface area contributed by atoms with E-state index in [1.54, 1.807) is 6.92 Å². The summed E-state index contributed by atoms with van der Waals surface area (Å²) in [5, 5.41) is 30.2. The van der Waals surface area contributed by atoms with Gasteiger partial charge in [-0.1, -0.05) is 86.1 Å². The number of rotatable bonds is 20. The van der Waals surface area contributed by atoms with E-state index in [2.05, 4.69) is 40.7 Å². The van der Waals surface area contributed by atoms with E-state index in [0.29, 0.717) is 30.6 Å². The number of aliphatic hydroxyl groups excluding tert-OH is 1. The zero-order valence-corrected chi connectivity index (χ0v) is 25.2. The number of aliphatic hydroxyl groups is 2. The standard InChI is InChI=1S/C32H60O5/c1-8-9-21-37-30-27(6)26(5)29(33)22-28(30)18-17-24(3)14-10-13-23(2)15-11-19-32(7,36)20-12-16-25(4)31(34)35/h22-27,29-30,33,36H,8-21H2,1-7H3,(H,34,35). The van der Waals surface area contributed by atoms with Crippen LogP contribution in [0.5, 0.6) is 0 Å². The highest BCUT2D eigenvalue weighted by Gasteiger charge is 2.34. The van der Waals surface area contributed by atoms with Gasteiger partial charge in [-0.3, -0.25) is 4.79 Å². The van der Waals surface area contributed by atoms with Gasteiger partial charge in [0, 0.05) is 6.61 Å². The monoisotopic (exact) mass is 524 g/mol. The number of carbonyl (C=O) groups is 1. The highest BCUT2D eigenvalue weighted by molar-refractivity contribution is 5.69. The fraction of sp³-hybridized carbons (Fsp3) is 0.906. The summed E-state index contributed by atoms with van der Waals surface area (Å²) in [6.07, 6.45) is 14.9. The second kappa shape index (κ2) is 17.6. The topological polar surface area (TPSA) is 87.0 Å². The number of hydrogen-bond acceptors (Lipinski definition) is 4. The molecule has 0 saturated carbocycles. The first-order chi connectivity index (χ1) is 17.4. The Morgan fingerprint density at radius 3 is 2.11 bits per heavy atom. The summed E-state index contributed by atoms with van der Waals surface area (Å²) in [5.74, 6) is 0.806. The van der Waals surface area contributed by atoms with Gasteiger partial charge < -0.3 is 20.1 Å². The molecule has 0 heterocycles. The first kappa shape index (κ1) is 34.1. The molecule has 0 amide bonds. The van der Waals surface area contributed by atoms with E-state index in [9.17, 15) is 15.0 Å². The van der Waals surface area contributed by atoms with Crippen molar-refractivity contribution in [2.24, 2.45) is 29.6 Å². The Morgan fingerprint density at radius 2 is 1.51 bits per heavy atom. The van der Waals surface area contributed by atoms with Crippen LogP contribution in [0.4, 0.5) is 0 Å². The van der Waals surface area contributed by atoms with Gasteiger partial charge in [0.1, 0.15) is 0 Å². The molecule has 218 valence electrons. The minimum absolute atomic E-state index is 0.148. The average molecular weight is 525 g/mol. The Hall–Kier alpha value is -0.910. The van der Waals surface area contributed by atoms with E-state index in [0.717, 1.165) is 58.0 Å². The zero-order chi connectivity index (χ0) is 28.0. The molecule has 8 unspecified atom stereocenters. The maximum absolute atomic E-state index is 11.0. The summed E-state index contributed by atoms with van der Waals surface area (Å²) in [7, 11) is 0. The Morgan fingerprint density at radius 1 is 0.946 bits per heavy atom. The smallest absolute Gasteiger partial charge is 0.306 e. The summed E-state index contributed by atoms with van der Waals surface area (Å²) in [5.41, 5.74) is 0.611. The first-order valence-electron chi connectivity index (χ1n) is 15.3. The van der Waals surface area contributed by atoms with Crippen molar-refractivity contribution in [3.63, 3.8) is 0 Å². The lowest BCUT2D eigenvalue weighted by molar-refractivity contribution is -0.141. The first-order valence-corrected chi connectivity index (χ1v) is 15.3. The van der Waals surface area contributed by atoms with E-state index in [4.69, 9.17) is 9.84 Å². The third-order valence-corrected chi connectivity index (χ3v) is 8.90. The second-order valence-corrected chi connectivity index (χ2v) is 12.8. The normalized spacial score (nSPS) is 26.2. The molecule has 0 aliphatic heterocycles. The number of hydrogen-bond donors (Lipinski definition) is 3. The van der Waals surface area contributed by atoms with Gasteiger partial charge in [0.05, 0.1) is 23.7 Å². The summed E-state index contributed by atoms with van der Waals surface area (Å²) in [4.78, 5) is 11.0. The van der Waals surface area contributed by atoms with E-state index in [1.807, 2.05) is 6.92 Å². The van der Waals surface area contributed by atoms with Crippen LogP contribution in [0, 0.1) is 29.6 Å². The van der Waals surface area contributed by atoms with Gasteiger partial charge in [0.25, 0.3) is 0 Å². The Labute approximate surface area is 228 Å². The quantitative estimate of drug-likeness (QED) is 0.112. The number of unbranched alkanes of at least 4 members (excludes halogenated alkanes) is 1. The lowest BCUT2D eigenvalue weighted by atomic mass is 9.76. The molecule has 0 bridgehead atoms. The summed E-state index contributed by atoms with van der Waals surface area (Å²) < 4.78 is 6.29. The fourth-order valence-corrected chi connectivity index (χ4v) is 5.61. The molecule has 37 heavy (non-hydrogen) atoms. The van der Waals surface area contributed by atoms with Crippen molar-refractivity contribution >= 4 is 5.97 Å². The molecule has 0 saturated heterocycles. The average Bonchev–Trinajstić information content (AvgIpc) is 2.82. The van der Waals surface area contributed by atoms with Crippen molar-refractivity contribution in [2.75, 3.05) is 6.61 Å². The molecule has 5 nitrogen and oxygen atoms in total. The molecule has 5 heteroatoms. The van der Waals surface area contributed by atoms with Crippen LogP contribution in [0.25, 0.3) is 0 Å². The van der Waals surface area contributed by atoms with Gasteiger partial charge in [-0.05, 0) is 81.1 Å². The highest BCUT2D eigenvalue weighted by Crippen LogP contribution is 2.35. The molecule has 1 aliphatic rings. The number of aliphatic carboxylic acids is 1. The molecule has 0 fully saturated rings. The van der Waals surface area contributed by atoms with Gasteiger partial charge in [0.15, 0.2) is 0 Å². The molecule has 1 aliphatic carbocycles. The molecule has 0 aromatic carbocycles. The summed E-state index contributed by atoms with van der Waals surface area (Å²) >= 11 is 0. The zero-order valence-electron chi connectivity index (χ0n) is 25.2. The molecule has 0 aromatic rings. The third kappa shape index (κ3) is 13.6. The molecule has 3 N–H and O–H groups in total. The molecule has 0 radical (unpaired) electrons. The van der Waals surface area contributed by atoms with Crippen molar-refractivity contribution in [3.05, 3.63) is 11.6 Å².